The Bertz CT molecular complexity index is 1900. The van der Waals surface area contributed by atoms with Crippen molar-refractivity contribution in [3.63, 3.8) is 0 Å². The summed E-state index contributed by atoms with van der Waals surface area (Å²) >= 11 is 0. The van der Waals surface area contributed by atoms with Crippen molar-refractivity contribution in [3.8, 4) is 40.7 Å². The van der Waals surface area contributed by atoms with Crippen LogP contribution < -0.4 is 11.1 Å². The molecule has 0 aliphatic carbocycles. The fourth-order valence-electron chi connectivity index (χ4n) is 3.16. The van der Waals surface area contributed by atoms with Crippen LogP contribution >= 0.6 is 0 Å². The molecule has 13 heteroatoms. The van der Waals surface area contributed by atoms with Crippen LogP contribution in [0.3, 0.4) is 0 Å². The van der Waals surface area contributed by atoms with Gasteiger partial charge in [-0.3, -0.25) is 0 Å². The summed E-state index contributed by atoms with van der Waals surface area (Å²) in [6.45, 7) is 1.28. The Balaban J connectivity index is 2.31. The summed E-state index contributed by atoms with van der Waals surface area (Å²) in [5.41, 5.74) is -4.70. The van der Waals surface area contributed by atoms with E-state index in [1.807, 2.05) is 0 Å². The molecule has 182 valence electrons. The number of oxazole rings is 2. The molecule has 0 saturated heterocycles. The van der Waals surface area contributed by atoms with E-state index in [0.29, 0.717) is 24.3 Å². The zero-order chi connectivity index (χ0) is 27.0. The average molecular weight is 511 g/mol. The van der Waals surface area contributed by atoms with E-state index in [1.165, 1.54) is 19.1 Å². The smallest absolute Gasteiger partial charge is 0.249 e. The van der Waals surface area contributed by atoms with Gasteiger partial charge in [-0.25, -0.2) is 36.3 Å². The van der Waals surface area contributed by atoms with Crippen LogP contribution in [0.2, 0.25) is 0 Å². The molecule has 0 bridgehead atoms. The molecule has 0 aliphatic rings. The minimum Gasteiger partial charge on any atom is -0.432 e. The molecule has 2 heterocycles. The first-order valence-electron chi connectivity index (χ1n) is 9.83. The summed E-state index contributed by atoms with van der Waals surface area (Å²) in [4.78, 5) is 7.90. The zero-order valence-corrected chi connectivity index (χ0v) is 18.1. The molecule has 4 aromatic rings. The Morgan fingerprint density at radius 2 is 1.03 bits per heavy atom. The first kappa shape index (κ1) is 24.8. The highest BCUT2D eigenvalue weighted by atomic mass is 19.2. The van der Waals surface area contributed by atoms with Crippen LogP contribution in [-0.2, 0) is 0 Å². The van der Waals surface area contributed by atoms with Gasteiger partial charge in [0.15, 0.2) is 40.5 Å². The van der Waals surface area contributed by atoms with Crippen molar-refractivity contribution in [2.45, 2.75) is 6.92 Å². The van der Waals surface area contributed by atoms with E-state index in [4.69, 9.17) is 8.83 Å². The Morgan fingerprint density at radius 3 is 1.41 bits per heavy atom. The fourth-order valence-corrected chi connectivity index (χ4v) is 3.16. The number of hydrogen-bond donors (Lipinski definition) is 0. The molecule has 2 aromatic heterocycles. The van der Waals surface area contributed by atoms with Crippen molar-refractivity contribution in [2.24, 2.45) is 0 Å². The first-order valence-corrected chi connectivity index (χ1v) is 9.83. The van der Waals surface area contributed by atoms with Gasteiger partial charge in [0.25, 0.3) is 0 Å². The van der Waals surface area contributed by atoms with Crippen molar-refractivity contribution in [1.82, 2.24) is 9.97 Å². The van der Waals surface area contributed by atoms with E-state index in [0.717, 1.165) is 0 Å². The predicted octanol–water partition coefficient (Wildman–Crippen LogP) is 4.01. The second kappa shape index (κ2) is 9.36. The number of rotatable bonds is 2. The van der Waals surface area contributed by atoms with E-state index in [-0.39, 0.29) is 11.1 Å². The third-order valence-corrected chi connectivity index (χ3v) is 4.90. The van der Waals surface area contributed by atoms with Crippen LogP contribution in [0.5, 0.6) is 0 Å². The van der Waals surface area contributed by atoms with Crippen molar-refractivity contribution in [1.29, 1.82) is 15.8 Å². The van der Waals surface area contributed by atoms with Gasteiger partial charge in [-0.1, -0.05) is 0 Å². The number of hydrogen-bond acceptors (Lipinski definition) is 7. The second-order valence-corrected chi connectivity index (χ2v) is 7.24. The van der Waals surface area contributed by atoms with Crippen LogP contribution in [0, 0.1) is 79.7 Å². The summed E-state index contributed by atoms with van der Waals surface area (Å²) < 4.78 is 94.2. The zero-order valence-electron chi connectivity index (χ0n) is 18.1. The maximum Gasteiger partial charge on any atom is 0.249 e. The molecule has 4 rings (SSSR count). The lowest BCUT2D eigenvalue weighted by Crippen LogP contribution is -2.04. The van der Waals surface area contributed by atoms with E-state index in [9.17, 15) is 42.1 Å². The molecule has 0 aliphatic heterocycles. The van der Waals surface area contributed by atoms with Gasteiger partial charge < -0.3 is 8.83 Å². The Hall–Kier alpha value is -5.35. The van der Waals surface area contributed by atoms with Crippen LogP contribution in [0.1, 0.15) is 6.92 Å². The second-order valence-electron chi connectivity index (χ2n) is 7.24. The van der Waals surface area contributed by atoms with Crippen molar-refractivity contribution in [3.05, 3.63) is 81.1 Å². The fraction of sp³-hybridized carbons (Fsp3) is 0.0417. The maximum absolute atomic E-state index is 14.0. The van der Waals surface area contributed by atoms with Gasteiger partial charge in [0, 0.05) is 11.1 Å². The van der Waals surface area contributed by atoms with E-state index in [1.54, 1.807) is 6.07 Å². The first-order chi connectivity index (χ1) is 17.6. The largest absolute Gasteiger partial charge is 0.432 e. The van der Waals surface area contributed by atoms with Gasteiger partial charge in [0.05, 0.1) is 5.57 Å². The van der Waals surface area contributed by atoms with E-state index < -0.39 is 79.4 Å². The van der Waals surface area contributed by atoms with Crippen molar-refractivity contribution < 1.29 is 35.2 Å². The maximum atomic E-state index is 14.0. The highest BCUT2D eigenvalue weighted by molar-refractivity contribution is 5.71. The molecule has 37 heavy (non-hydrogen) atoms. The molecule has 0 radical (unpaired) electrons. The summed E-state index contributed by atoms with van der Waals surface area (Å²) in [6, 6.07) is 6.92. The standard InChI is InChI=1S/C24H7F6N5O2/c1-9(6-31)23-34-19(10-2-13(25)17(29)14(26)3-10)21(36-23)22-20(35-24(37-22)12(7-32)8-33)11-4-15(27)18(30)16(28)5-11/h2-5H,1H3/b22-21+,23-9-. The molecule has 0 spiro atoms. The molecule has 0 unspecified atom stereocenters. The average Bonchev–Trinajstić information content (AvgIpc) is 3.50. The number of halogens is 6. The molecule has 0 amide bonds. The number of nitrogens with zero attached hydrogens (tertiary/aromatic N) is 5. The molecule has 0 fully saturated rings. The molecule has 2 aromatic carbocycles. The van der Waals surface area contributed by atoms with E-state index >= 15 is 0 Å². The monoisotopic (exact) mass is 511 g/mol. The summed E-state index contributed by atoms with van der Waals surface area (Å²) in [6.07, 6.45) is 0. The number of aromatic nitrogens is 2. The summed E-state index contributed by atoms with van der Waals surface area (Å²) in [7, 11) is 0. The van der Waals surface area contributed by atoms with Crippen molar-refractivity contribution in [2.75, 3.05) is 0 Å². The van der Waals surface area contributed by atoms with E-state index in [2.05, 4.69) is 9.97 Å². The van der Waals surface area contributed by atoms with Gasteiger partial charge in [0.2, 0.25) is 21.9 Å². The molecule has 7 nitrogen and oxygen atoms in total. The van der Waals surface area contributed by atoms with Gasteiger partial charge in [0.1, 0.15) is 29.6 Å². The molecule has 0 N–H and O–H groups in total. The summed E-state index contributed by atoms with van der Waals surface area (Å²) in [5, 5.41) is 27.6. The molecular formula is C24H7F6N5O2. The SMILES string of the molecule is C/C(C#N)=c1\nc(-c2cc(F)c(F)c(F)c2)/c(=c2\oc(=C(C#N)C#N)nc2-c2cc(F)c(F)c(F)c2)o1. The van der Waals surface area contributed by atoms with Crippen LogP contribution in [0.25, 0.3) is 33.7 Å². The lowest BCUT2D eigenvalue weighted by molar-refractivity contribution is 0.439. The Labute approximate surface area is 201 Å². The number of nitriles is 3. The van der Waals surface area contributed by atoms with Crippen LogP contribution in [-0.4, -0.2) is 9.97 Å². The van der Waals surface area contributed by atoms with Crippen LogP contribution in [0.4, 0.5) is 26.3 Å². The minimum atomic E-state index is -1.80. The third kappa shape index (κ3) is 4.28. The lowest BCUT2D eigenvalue weighted by atomic mass is 10.1. The minimum absolute atomic E-state index is 0.128. The highest BCUT2D eigenvalue weighted by Gasteiger charge is 2.21. The van der Waals surface area contributed by atoms with Gasteiger partial charge in [-0.2, -0.15) is 15.8 Å². The highest BCUT2D eigenvalue weighted by Crippen LogP contribution is 2.27. The normalized spacial score (nSPS) is 12.4. The number of benzene rings is 2. The summed E-state index contributed by atoms with van der Waals surface area (Å²) in [5.74, 6) is -10.0. The molecular weight excluding hydrogens is 504 g/mol. The van der Waals surface area contributed by atoms with Gasteiger partial charge >= 0.3 is 0 Å². The predicted molar refractivity (Wildman–Crippen MR) is 110 cm³/mol. The molecule has 0 atom stereocenters. The lowest BCUT2D eigenvalue weighted by Gasteiger charge is -2.01. The Kier molecular flexibility index (Phi) is 6.27. The van der Waals surface area contributed by atoms with Gasteiger partial charge in [-0.15, -0.1) is 0 Å². The van der Waals surface area contributed by atoms with Crippen LogP contribution in [0.15, 0.2) is 33.1 Å². The van der Waals surface area contributed by atoms with Gasteiger partial charge in [-0.05, 0) is 31.2 Å². The topological polar surface area (TPSA) is 123 Å². The third-order valence-electron chi connectivity index (χ3n) is 4.90. The van der Waals surface area contributed by atoms with Crippen molar-refractivity contribution >= 4 is 11.1 Å². The quantitative estimate of drug-likeness (QED) is 0.294. The molecule has 0 saturated carbocycles. The Morgan fingerprint density at radius 1 is 0.649 bits per heavy atom.